The molecule has 0 saturated heterocycles. The molecule has 136 valence electrons. The molecule has 2 aromatic carbocycles. The van der Waals surface area contributed by atoms with E-state index < -0.39 is 17.6 Å². The number of hydrogen-bond acceptors (Lipinski definition) is 3. The van der Waals surface area contributed by atoms with E-state index in [1.807, 2.05) is 0 Å². The van der Waals surface area contributed by atoms with E-state index in [9.17, 15) is 22.8 Å². The number of halogens is 3. The third-order valence-electron chi connectivity index (χ3n) is 3.91. The highest BCUT2D eigenvalue weighted by Gasteiger charge is 2.33. The highest BCUT2D eigenvalue weighted by molar-refractivity contribution is 5.97. The number of benzene rings is 2. The average molecular weight is 363 g/mol. The molecule has 0 heterocycles. The lowest BCUT2D eigenvalue weighted by molar-refractivity contribution is -0.137. The monoisotopic (exact) mass is 363 g/mol. The summed E-state index contributed by atoms with van der Waals surface area (Å²) in [5.74, 6) is -0.578. The van der Waals surface area contributed by atoms with Crippen LogP contribution in [0.25, 0.3) is 0 Å². The van der Waals surface area contributed by atoms with Crippen molar-refractivity contribution in [1.29, 1.82) is 0 Å². The molecule has 0 atom stereocenters. The van der Waals surface area contributed by atoms with Gasteiger partial charge in [-0.2, -0.15) is 13.2 Å². The standard InChI is InChI=1S/C18H16F3N3O2/c19-18(20,21)14-3-1-2-4-15(14)23-24-17(26)12-7-9-13(10-8-12)22-16(25)11-5-6-11/h1-4,7-11,23H,5-6H2,(H,22,25)(H,24,26). The summed E-state index contributed by atoms with van der Waals surface area (Å²) in [6, 6.07) is 10.9. The van der Waals surface area contributed by atoms with Gasteiger partial charge in [0.1, 0.15) is 0 Å². The number of carbonyl (C=O) groups excluding carboxylic acids is 2. The minimum absolute atomic E-state index is 0.0485. The van der Waals surface area contributed by atoms with Crippen LogP contribution in [0.4, 0.5) is 24.5 Å². The zero-order valence-corrected chi connectivity index (χ0v) is 13.6. The summed E-state index contributed by atoms with van der Waals surface area (Å²) in [4.78, 5) is 23.8. The topological polar surface area (TPSA) is 70.2 Å². The first-order valence-corrected chi connectivity index (χ1v) is 7.98. The van der Waals surface area contributed by atoms with Crippen LogP contribution >= 0.6 is 0 Å². The van der Waals surface area contributed by atoms with Gasteiger partial charge in [0.15, 0.2) is 0 Å². The van der Waals surface area contributed by atoms with Crippen molar-refractivity contribution in [1.82, 2.24) is 5.43 Å². The Morgan fingerprint density at radius 2 is 1.62 bits per heavy atom. The molecule has 5 nitrogen and oxygen atoms in total. The number of rotatable bonds is 5. The zero-order valence-electron chi connectivity index (χ0n) is 13.6. The van der Waals surface area contributed by atoms with Crippen molar-refractivity contribution in [3.63, 3.8) is 0 Å². The first kappa shape index (κ1) is 17.8. The summed E-state index contributed by atoms with van der Waals surface area (Å²) in [6.07, 6.45) is -2.76. The van der Waals surface area contributed by atoms with E-state index in [-0.39, 0.29) is 23.1 Å². The maximum absolute atomic E-state index is 12.9. The molecule has 0 bridgehead atoms. The largest absolute Gasteiger partial charge is 0.418 e. The minimum Gasteiger partial charge on any atom is -0.326 e. The van der Waals surface area contributed by atoms with Crippen LogP contribution in [0.1, 0.15) is 28.8 Å². The van der Waals surface area contributed by atoms with E-state index in [0.717, 1.165) is 18.9 Å². The van der Waals surface area contributed by atoms with Crippen LogP contribution in [0.2, 0.25) is 0 Å². The molecule has 8 heteroatoms. The van der Waals surface area contributed by atoms with Crippen molar-refractivity contribution in [3.05, 3.63) is 59.7 Å². The Labute approximate surface area is 147 Å². The second-order valence-corrected chi connectivity index (χ2v) is 5.96. The summed E-state index contributed by atoms with van der Waals surface area (Å²) >= 11 is 0. The number of anilines is 2. The van der Waals surface area contributed by atoms with E-state index in [2.05, 4.69) is 16.2 Å². The fourth-order valence-corrected chi connectivity index (χ4v) is 2.33. The second kappa shape index (κ2) is 7.07. The molecule has 3 rings (SSSR count). The number of alkyl halides is 3. The van der Waals surface area contributed by atoms with Crippen LogP contribution in [-0.4, -0.2) is 11.8 Å². The first-order valence-electron chi connectivity index (χ1n) is 7.98. The zero-order chi connectivity index (χ0) is 18.7. The van der Waals surface area contributed by atoms with Crippen molar-refractivity contribution in [2.45, 2.75) is 19.0 Å². The minimum atomic E-state index is -4.53. The highest BCUT2D eigenvalue weighted by Crippen LogP contribution is 2.34. The van der Waals surface area contributed by atoms with Gasteiger partial charge in [-0.25, -0.2) is 0 Å². The number of amides is 2. The van der Waals surface area contributed by atoms with Crippen molar-refractivity contribution in [2.75, 3.05) is 10.7 Å². The van der Waals surface area contributed by atoms with Gasteiger partial charge in [-0.05, 0) is 49.2 Å². The molecular weight excluding hydrogens is 347 g/mol. The molecule has 0 aliphatic heterocycles. The van der Waals surface area contributed by atoms with Gasteiger partial charge in [-0.15, -0.1) is 0 Å². The summed E-state index contributed by atoms with van der Waals surface area (Å²) in [5.41, 5.74) is 4.22. The number of nitrogens with one attached hydrogen (secondary N) is 3. The number of carbonyl (C=O) groups is 2. The Balaban J connectivity index is 1.61. The summed E-state index contributed by atoms with van der Waals surface area (Å²) in [6.45, 7) is 0. The van der Waals surface area contributed by atoms with Crippen LogP contribution in [-0.2, 0) is 11.0 Å². The van der Waals surface area contributed by atoms with Crippen molar-refractivity contribution >= 4 is 23.2 Å². The van der Waals surface area contributed by atoms with E-state index in [4.69, 9.17) is 0 Å². The van der Waals surface area contributed by atoms with Crippen molar-refractivity contribution < 1.29 is 22.8 Å². The van der Waals surface area contributed by atoms with Gasteiger partial charge in [-0.3, -0.25) is 20.4 Å². The molecule has 3 N–H and O–H groups in total. The van der Waals surface area contributed by atoms with E-state index >= 15 is 0 Å². The van der Waals surface area contributed by atoms with Gasteiger partial charge >= 0.3 is 6.18 Å². The summed E-state index contributed by atoms with van der Waals surface area (Å²) < 4.78 is 38.8. The molecule has 1 aliphatic rings. The molecule has 0 spiro atoms. The Bertz CT molecular complexity index is 815. The second-order valence-electron chi connectivity index (χ2n) is 5.96. The van der Waals surface area contributed by atoms with Gasteiger partial charge in [0.2, 0.25) is 5.91 Å². The molecule has 1 fully saturated rings. The lowest BCUT2D eigenvalue weighted by atomic mass is 10.1. The van der Waals surface area contributed by atoms with Crippen LogP contribution in [0.3, 0.4) is 0 Å². The lowest BCUT2D eigenvalue weighted by Crippen LogP contribution is -2.30. The van der Waals surface area contributed by atoms with E-state index in [1.165, 1.54) is 30.3 Å². The lowest BCUT2D eigenvalue weighted by Gasteiger charge is -2.15. The van der Waals surface area contributed by atoms with Crippen molar-refractivity contribution in [3.8, 4) is 0 Å². The van der Waals surface area contributed by atoms with Gasteiger partial charge in [0, 0.05) is 17.2 Å². The van der Waals surface area contributed by atoms with Gasteiger partial charge in [-0.1, -0.05) is 12.1 Å². The van der Waals surface area contributed by atoms with E-state index in [1.54, 1.807) is 12.1 Å². The third-order valence-corrected chi connectivity index (χ3v) is 3.91. The molecule has 0 unspecified atom stereocenters. The third kappa shape index (κ3) is 4.33. The molecule has 2 amide bonds. The molecule has 1 saturated carbocycles. The molecule has 0 radical (unpaired) electrons. The molecule has 2 aromatic rings. The normalized spacial score (nSPS) is 13.8. The summed E-state index contributed by atoms with van der Waals surface area (Å²) in [5, 5.41) is 2.74. The summed E-state index contributed by atoms with van der Waals surface area (Å²) in [7, 11) is 0. The number of hydrazine groups is 1. The fourth-order valence-electron chi connectivity index (χ4n) is 2.33. The molecule has 26 heavy (non-hydrogen) atoms. The van der Waals surface area contributed by atoms with Gasteiger partial charge in [0.05, 0.1) is 11.3 Å². The average Bonchev–Trinajstić information content (AvgIpc) is 3.45. The fraction of sp³-hybridized carbons (Fsp3) is 0.222. The maximum Gasteiger partial charge on any atom is 0.418 e. The highest BCUT2D eigenvalue weighted by atomic mass is 19.4. The molecule has 0 aromatic heterocycles. The van der Waals surface area contributed by atoms with Crippen LogP contribution in [0.5, 0.6) is 0 Å². The van der Waals surface area contributed by atoms with Crippen LogP contribution in [0.15, 0.2) is 48.5 Å². The predicted octanol–water partition coefficient (Wildman–Crippen LogP) is 3.81. The Morgan fingerprint density at radius 3 is 2.23 bits per heavy atom. The predicted molar refractivity (Wildman–Crippen MR) is 90.3 cm³/mol. The van der Waals surface area contributed by atoms with Gasteiger partial charge in [0.25, 0.3) is 5.91 Å². The van der Waals surface area contributed by atoms with Gasteiger partial charge < -0.3 is 5.32 Å². The SMILES string of the molecule is O=C(NNc1ccccc1C(F)(F)F)c1ccc(NC(=O)C2CC2)cc1. The Hall–Kier alpha value is -3.03. The number of para-hydroxylation sites is 1. The maximum atomic E-state index is 12.9. The molecule has 1 aliphatic carbocycles. The Morgan fingerprint density at radius 1 is 0.962 bits per heavy atom. The van der Waals surface area contributed by atoms with Crippen LogP contribution < -0.4 is 16.2 Å². The quantitative estimate of drug-likeness (QED) is 0.708. The first-order chi connectivity index (χ1) is 12.3. The smallest absolute Gasteiger partial charge is 0.326 e. The number of hydrogen-bond donors (Lipinski definition) is 3. The molecular formula is C18H16F3N3O2. The van der Waals surface area contributed by atoms with Crippen LogP contribution in [0, 0.1) is 5.92 Å². The van der Waals surface area contributed by atoms with E-state index in [0.29, 0.717) is 5.69 Å². The van der Waals surface area contributed by atoms with Crippen molar-refractivity contribution in [2.24, 2.45) is 5.92 Å². The Kier molecular flexibility index (Phi) is 4.83.